The molecule has 1 aliphatic heterocycles. The molecule has 2 aromatic carbocycles. The van der Waals surface area contributed by atoms with Crippen LogP contribution < -0.4 is 30.5 Å². The van der Waals surface area contributed by atoms with Gasteiger partial charge >= 0.3 is 12.1 Å². The largest absolute Gasteiger partial charge is 0.573 e. The molecule has 4 rings (SSSR count). The molecule has 2 unspecified atom stereocenters. The third-order valence-corrected chi connectivity index (χ3v) is 6.28. The smallest absolute Gasteiger partial charge is 0.452 e. The van der Waals surface area contributed by atoms with Crippen LogP contribution in [0.5, 0.6) is 11.5 Å². The van der Waals surface area contributed by atoms with Crippen molar-refractivity contribution in [3.05, 3.63) is 80.0 Å². The third kappa shape index (κ3) is 5.76. The molecule has 0 amide bonds. The van der Waals surface area contributed by atoms with Crippen molar-refractivity contribution in [2.45, 2.75) is 45.3 Å². The number of halogens is 4. The second kappa shape index (κ2) is 10.6. The van der Waals surface area contributed by atoms with Crippen LogP contribution in [0.1, 0.15) is 18.9 Å². The Bertz CT molecular complexity index is 1420. The number of hydrogen-bond acceptors (Lipinski definition) is 7. The minimum atomic E-state index is -4.88. The van der Waals surface area contributed by atoms with Crippen LogP contribution in [0.4, 0.5) is 24.7 Å². The van der Waals surface area contributed by atoms with Crippen molar-refractivity contribution in [3.63, 3.8) is 0 Å². The number of rotatable bonds is 8. The van der Waals surface area contributed by atoms with E-state index in [4.69, 9.17) is 16.3 Å². The second-order valence-electron chi connectivity index (χ2n) is 8.94. The SMILES string of the molecule is CC(O)CCn1c(=O)c2c(n(C)c1=O)N(C)C(Oc1cccc(OC(F)(F)F)c1)N2Cc1ccc(Cl)cc1. The summed E-state index contributed by atoms with van der Waals surface area (Å²) in [5.41, 5.74) is -0.219. The van der Waals surface area contributed by atoms with Gasteiger partial charge in [-0.15, -0.1) is 13.2 Å². The van der Waals surface area contributed by atoms with Crippen molar-refractivity contribution in [3.8, 4) is 11.5 Å². The van der Waals surface area contributed by atoms with Crippen molar-refractivity contribution in [1.29, 1.82) is 0 Å². The Kier molecular flexibility index (Phi) is 7.65. The average molecular weight is 555 g/mol. The van der Waals surface area contributed by atoms with Gasteiger partial charge in [0, 0.05) is 38.3 Å². The lowest BCUT2D eigenvalue weighted by atomic mass is 10.2. The van der Waals surface area contributed by atoms with E-state index in [0.29, 0.717) is 5.02 Å². The Morgan fingerprint density at radius 1 is 1.08 bits per heavy atom. The standard InChI is InChI=1S/C25H26ClF3N4O5/c1-15(34)11-12-32-22(35)20-21(30(2)23(32)36)31(3)24(33(20)14-16-7-9-17(26)10-8-16)37-18-5-4-6-19(13-18)38-25(27,28)29/h4-10,13,15,24,34H,11-12,14H2,1-3H3. The lowest BCUT2D eigenvalue weighted by Crippen LogP contribution is -2.46. The van der Waals surface area contributed by atoms with E-state index in [1.54, 1.807) is 48.0 Å². The molecular formula is C25H26ClF3N4O5. The molecule has 13 heteroatoms. The molecule has 0 saturated heterocycles. The number of ether oxygens (including phenoxy) is 2. The minimum Gasteiger partial charge on any atom is -0.452 e. The summed E-state index contributed by atoms with van der Waals surface area (Å²) in [6.45, 7) is 1.71. The molecule has 1 aromatic heterocycles. The lowest BCUT2D eigenvalue weighted by molar-refractivity contribution is -0.274. The molecular weight excluding hydrogens is 529 g/mol. The Balaban J connectivity index is 1.79. The van der Waals surface area contributed by atoms with Gasteiger partial charge in [-0.25, -0.2) is 4.79 Å². The lowest BCUT2D eigenvalue weighted by Gasteiger charge is -2.30. The van der Waals surface area contributed by atoms with E-state index >= 15 is 0 Å². The Morgan fingerprint density at radius 3 is 2.37 bits per heavy atom. The highest BCUT2D eigenvalue weighted by Crippen LogP contribution is 2.37. The fraction of sp³-hybridized carbons (Fsp3) is 0.360. The maximum atomic E-state index is 13.6. The first-order valence-corrected chi connectivity index (χ1v) is 12.0. The summed E-state index contributed by atoms with van der Waals surface area (Å²) >= 11 is 6.02. The fourth-order valence-electron chi connectivity index (χ4n) is 4.29. The molecule has 9 nitrogen and oxygen atoms in total. The van der Waals surface area contributed by atoms with E-state index in [0.717, 1.165) is 22.3 Å². The Morgan fingerprint density at radius 2 is 1.74 bits per heavy atom. The molecule has 1 aliphatic rings. The number of fused-ring (bicyclic) bond motifs is 1. The average Bonchev–Trinajstić information content (AvgIpc) is 3.09. The summed E-state index contributed by atoms with van der Waals surface area (Å²) in [5, 5.41) is 10.2. The first-order valence-electron chi connectivity index (χ1n) is 11.6. The second-order valence-corrected chi connectivity index (χ2v) is 9.38. The molecule has 0 saturated carbocycles. The maximum absolute atomic E-state index is 13.6. The number of aromatic nitrogens is 2. The predicted octanol–water partition coefficient (Wildman–Crippen LogP) is 3.69. The highest BCUT2D eigenvalue weighted by molar-refractivity contribution is 6.30. The normalized spacial score (nSPS) is 15.9. The summed E-state index contributed by atoms with van der Waals surface area (Å²) < 4.78 is 50.7. The topological polar surface area (TPSA) is 89.2 Å². The summed E-state index contributed by atoms with van der Waals surface area (Å²) in [6, 6.07) is 11.9. The van der Waals surface area contributed by atoms with Gasteiger partial charge in [0.05, 0.1) is 6.10 Å². The van der Waals surface area contributed by atoms with E-state index in [9.17, 15) is 27.9 Å². The monoisotopic (exact) mass is 554 g/mol. The molecule has 0 radical (unpaired) electrons. The molecule has 0 spiro atoms. The van der Waals surface area contributed by atoms with Crippen molar-refractivity contribution >= 4 is 23.1 Å². The quantitative estimate of drug-likeness (QED) is 0.454. The van der Waals surface area contributed by atoms with Crippen LogP contribution in [0.3, 0.4) is 0 Å². The van der Waals surface area contributed by atoms with E-state index < -0.39 is 35.8 Å². The minimum absolute atomic E-state index is 0.00268. The first-order chi connectivity index (χ1) is 17.9. The van der Waals surface area contributed by atoms with Crippen LogP contribution >= 0.6 is 11.6 Å². The van der Waals surface area contributed by atoms with Gasteiger partial charge in [0.1, 0.15) is 23.0 Å². The predicted molar refractivity (Wildman–Crippen MR) is 136 cm³/mol. The van der Waals surface area contributed by atoms with Crippen LogP contribution in [-0.2, 0) is 20.1 Å². The van der Waals surface area contributed by atoms with Gasteiger partial charge in [-0.3, -0.25) is 13.9 Å². The number of aliphatic hydroxyl groups excluding tert-OH is 1. The van der Waals surface area contributed by atoms with Crippen molar-refractivity contribution in [1.82, 2.24) is 9.13 Å². The van der Waals surface area contributed by atoms with Crippen molar-refractivity contribution in [2.24, 2.45) is 7.05 Å². The molecule has 38 heavy (non-hydrogen) atoms. The molecule has 2 heterocycles. The van der Waals surface area contributed by atoms with E-state index in [-0.39, 0.29) is 36.8 Å². The molecule has 2 atom stereocenters. The zero-order valence-electron chi connectivity index (χ0n) is 20.8. The number of anilines is 2. The first kappa shape index (κ1) is 27.4. The number of aliphatic hydroxyl groups is 1. The van der Waals surface area contributed by atoms with Crippen LogP contribution in [0.25, 0.3) is 0 Å². The molecule has 1 N–H and O–H groups in total. The number of hydrogen-bond donors (Lipinski definition) is 1. The Hall–Kier alpha value is -3.64. The zero-order valence-corrected chi connectivity index (χ0v) is 21.5. The van der Waals surface area contributed by atoms with Gasteiger partial charge in [0.25, 0.3) is 11.9 Å². The van der Waals surface area contributed by atoms with E-state index in [1.165, 1.54) is 23.7 Å². The van der Waals surface area contributed by atoms with Gasteiger partial charge in [-0.1, -0.05) is 29.8 Å². The summed E-state index contributed by atoms with van der Waals surface area (Å²) in [7, 11) is 3.12. The number of alkyl halides is 3. The van der Waals surface area contributed by atoms with Crippen LogP contribution in [0.2, 0.25) is 5.02 Å². The summed E-state index contributed by atoms with van der Waals surface area (Å²) in [6.07, 6.45) is -6.43. The van der Waals surface area contributed by atoms with Gasteiger partial charge in [0.15, 0.2) is 0 Å². The highest BCUT2D eigenvalue weighted by atomic mass is 35.5. The van der Waals surface area contributed by atoms with E-state index in [2.05, 4.69) is 4.74 Å². The highest BCUT2D eigenvalue weighted by Gasteiger charge is 2.41. The Labute approximate surface area is 220 Å². The maximum Gasteiger partial charge on any atom is 0.573 e. The fourth-order valence-corrected chi connectivity index (χ4v) is 4.41. The number of benzene rings is 2. The van der Waals surface area contributed by atoms with Crippen molar-refractivity contribution < 1.29 is 27.8 Å². The van der Waals surface area contributed by atoms with Gasteiger partial charge in [0.2, 0.25) is 0 Å². The summed E-state index contributed by atoms with van der Waals surface area (Å²) in [4.78, 5) is 29.9. The van der Waals surface area contributed by atoms with Crippen LogP contribution in [0.15, 0.2) is 58.1 Å². The molecule has 204 valence electrons. The van der Waals surface area contributed by atoms with E-state index in [1.807, 2.05) is 0 Å². The van der Waals surface area contributed by atoms with Gasteiger partial charge in [-0.05, 0) is 43.2 Å². The van der Waals surface area contributed by atoms with Crippen LogP contribution in [0, 0.1) is 0 Å². The third-order valence-electron chi connectivity index (χ3n) is 6.03. The van der Waals surface area contributed by atoms with Crippen molar-refractivity contribution in [2.75, 3.05) is 16.8 Å². The van der Waals surface area contributed by atoms with Crippen LogP contribution in [-0.4, -0.2) is 40.1 Å². The van der Waals surface area contributed by atoms with Gasteiger partial charge < -0.3 is 24.4 Å². The molecule has 0 fully saturated rings. The molecule has 0 bridgehead atoms. The molecule has 3 aromatic rings. The summed E-state index contributed by atoms with van der Waals surface area (Å²) in [5.74, 6) is -0.141. The van der Waals surface area contributed by atoms with Gasteiger partial charge in [-0.2, -0.15) is 0 Å². The zero-order chi connectivity index (χ0) is 27.8. The molecule has 0 aliphatic carbocycles. The number of nitrogens with zero attached hydrogens (tertiary/aromatic N) is 4.